The topological polar surface area (TPSA) is 104 Å². The first-order chi connectivity index (χ1) is 9.70. The largest absolute Gasteiger partial charge is 0.322 e. The van der Waals surface area contributed by atoms with Crippen LogP contribution in [0.15, 0.2) is 41.5 Å². The van der Waals surface area contributed by atoms with Crippen LogP contribution in [0.5, 0.6) is 0 Å². The Hall–Kier alpha value is -3.27. The zero-order valence-corrected chi connectivity index (χ0v) is 10.1. The lowest BCUT2D eigenvalue weighted by Gasteiger charge is -2.05. The molecule has 20 heavy (non-hydrogen) atoms. The van der Waals surface area contributed by atoms with Gasteiger partial charge < -0.3 is 4.98 Å². The van der Waals surface area contributed by atoms with E-state index >= 15 is 0 Å². The molecule has 0 fully saturated rings. The van der Waals surface area contributed by atoms with E-state index in [1.807, 2.05) is 0 Å². The minimum atomic E-state index is -0.568. The lowest BCUT2D eigenvalue weighted by atomic mass is 10.1. The van der Waals surface area contributed by atoms with Gasteiger partial charge >= 0.3 is 0 Å². The van der Waals surface area contributed by atoms with Crippen molar-refractivity contribution < 1.29 is 4.79 Å². The predicted octanol–water partition coefficient (Wildman–Crippen LogP) is 0.680. The molecule has 2 heterocycles. The summed E-state index contributed by atoms with van der Waals surface area (Å²) in [5.74, 6) is -0.694. The number of nitrogens with one attached hydrogen (secondary N) is 1. The summed E-state index contributed by atoms with van der Waals surface area (Å²) in [6.45, 7) is 0. The maximum Gasteiger partial charge on any atom is 0.281 e. The normalized spacial score (nSPS) is 10.3. The highest BCUT2D eigenvalue weighted by Crippen LogP contribution is 2.15. The van der Waals surface area contributed by atoms with E-state index in [9.17, 15) is 9.59 Å². The average molecular weight is 265 g/mol. The zero-order valence-electron chi connectivity index (χ0n) is 10.1. The summed E-state index contributed by atoms with van der Waals surface area (Å²) in [6.07, 6.45) is 1.12. The van der Waals surface area contributed by atoms with Crippen molar-refractivity contribution in [3.63, 3.8) is 0 Å². The SMILES string of the molecule is N#Cc1ncnn1C(=O)c1cc(=O)[nH]c2ccccc12. The van der Waals surface area contributed by atoms with Gasteiger partial charge in [-0.05, 0) is 6.07 Å². The Kier molecular flexibility index (Phi) is 2.62. The molecule has 96 valence electrons. The van der Waals surface area contributed by atoms with Crippen molar-refractivity contribution >= 4 is 16.8 Å². The van der Waals surface area contributed by atoms with E-state index in [-0.39, 0.29) is 11.4 Å². The molecule has 7 heteroatoms. The fraction of sp³-hybridized carbons (Fsp3) is 0. The third kappa shape index (κ3) is 1.76. The van der Waals surface area contributed by atoms with Crippen LogP contribution in [0.2, 0.25) is 0 Å². The molecule has 0 atom stereocenters. The van der Waals surface area contributed by atoms with Crippen LogP contribution in [0.1, 0.15) is 16.2 Å². The smallest absolute Gasteiger partial charge is 0.281 e. The highest BCUT2D eigenvalue weighted by atomic mass is 16.2. The van der Waals surface area contributed by atoms with Gasteiger partial charge in [-0.1, -0.05) is 18.2 Å². The molecule has 2 aromatic heterocycles. The van der Waals surface area contributed by atoms with Gasteiger partial charge in [0, 0.05) is 17.0 Å². The van der Waals surface area contributed by atoms with Crippen LogP contribution in [-0.2, 0) is 0 Å². The third-order valence-electron chi connectivity index (χ3n) is 2.82. The van der Waals surface area contributed by atoms with E-state index in [1.165, 1.54) is 6.07 Å². The highest BCUT2D eigenvalue weighted by Gasteiger charge is 2.17. The summed E-state index contributed by atoms with van der Waals surface area (Å²) in [5.41, 5.74) is 0.319. The number of nitriles is 1. The van der Waals surface area contributed by atoms with Crippen LogP contribution >= 0.6 is 0 Å². The molecule has 0 bridgehead atoms. The standard InChI is InChI=1S/C13H7N5O2/c14-6-11-15-7-16-18(11)13(20)9-5-12(19)17-10-4-2-1-3-8(9)10/h1-5,7H,(H,17,19). The second kappa shape index (κ2) is 4.44. The molecule has 0 unspecified atom stereocenters. The van der Waals surface area contributed by atoms with Crippen molar-refractivity contribution in [1.82, 2.24) is 19.7 Å². The van der Waals surface area contributed by atoms with Crippen molar-refractivity contribution in [1.29, 1.82) is 5.26 Å². The molecule has 0 spiro atoms. The number of hydrogen-bond donors (Lipinski definition) is 1. The van der Waals surface area contributed by atoms with Gasteiger partial charge in [-0.2, -0.15) is 15.0 Å². The van der Waals surface area contributed by atoms with Crippen LogP contribution < -0.4 is 5.56 Å². The van der Waals surface area contributed by atoms with Crippen molar-refractivity contribution in [2.75, 3.05) is 0 Å². The summed E-state index contributed by atoms with van der Waals surface area (Å²) in [7, 11) is 0. The molecular formula is C13H7N5O2. The summed E-state index contributed by atoms with van der Waals surface area (Å²) in [4.78, 5) is 30.3. The van der Waals surface area contributed by atoms with Crippen LogP contribution in [0.4, 0.5) is 0 Å². The molecule has 3 aromatic rings. The average Bonchev–Trinajstić information content (AvgIpc) is 2.94. The first kappa shape index (κ1) is 11.8. The van der Waals surface area contributed by atoms with Crippen molar-refractivity contribution in [3.8, 4) is 6.07 Å². The Balaban J connectivity index is 2.28. The quantitative estimate of drug-likeness (QED) is 0.696. The summed E-state index contributed by atoms with van der Waals surface area (Å²) < 4.78 is 0.876. The van der Waals surface area contributed by atoms with Crippen LogP contribution in [-0.4, -0.2) is 25.7 Å². The molecule has 0 radical (unpaired) electrons. The van der Waals surface area contributed by atoms with E-state index < -0.39 is 11.5 Å². The third-order valence-corrected chi connectivity index (χ3v) is 2.82. The molecular weight excluding hydrogens is 258 g/mol. The second-order valence-electron chi connectivity index (χ2n) is 4.01. The number of H-pyrrole nitrogens is 1. The van der Waals surface area contributed by atoms with E-state index in [2.05, 4.69) is 15.1 Å². The van der Waals surface area contributed by atoms with Gasteiger partial charge in [0.15, 0.2) is 0 Å². The van der Waals surface area contributed by atoms with Gasteiger partial charge in [0.2, 0.25) is 11.4 Å². The lowest BCUT2D eigenvalue weighted by Crippen LogP contribution is -2.19. The Labute approximate surface area is 112 Å². The molecule has 0 saturated heterocycles. The van der Waals surface area contributed by atoms with Gasteiger partial charge in [-0.25, -0.2) is 4.98 Å². The number of aromatic nitrogens is 4. The zero-order chi connectivity index (χ0) is 14.1. The highest BCUT2D eigenvalue weighted by molar-refractivity contribution is 6.06. The van der Waals surface area contributed by atoms with Crippen LogP contribution in [0, 0.1) is 11.3 Å². The molecule has 0 amide bonds. The first-order valence-corrected chi connectivity index (χ1v) is 5.67. The van der Waals surface area contributed by atoms with E-state index in [0.29, 0.717) is 10.9 Å². The molecule has 0 aliphatic carbocycles. The number of pyridine rings is 1. The molecule has 1 N–H and O–H groups in total. The fourth-order valence-electron chi connectivity index (χ4n) is 1.96. The van der Waals surface area contributed by atoms with Crippen molar-refractivity contribution in [2.45, 2.75) is 0 Å². The van der Waals surface area contributed by atoms with Gasteiger partial charge in [-0.3, -0.25) is 9.59 Å². The van der Waals surface area contributed by atoms with E-state index in [4.69, 9.17) is 5.26 Å². The number of nitrogens with zero attached hydrogens (tertiary/aromatic N) is 4. The summed E-state index contributed by atoms with van der Waals surface area (Å²) in [6, 6.07) is 9.87. The van der Waals surface area contributed by atoms with E-state index in [0.717, 1.165) is 11.0 Å². The number of carbonyl (C=O) groups excluding carboxylic acids is 1. The van der Waals surface area contributed by atoms with Gasteiger partial charge in [0.05, 0.1) is 5.56 Å². The number of para-hydroxylation sites is 1. The maximum absolute atomic E-state index is 12.4. The Morgan fingerprint density at radius 2 is 2.15 bits per heavy atom. The number of fused-ring (bicyclic) bond motifs is 1. The Bertz CT molecular complexity index is 916. The number of hydrogen-bond acceptors (Lipinski definition) is 5. The molecule has 0 saturated carbocycles. The van der Waals surface area contributed by atoms with Gasteiger partial charge in [0.1, 0.15) is 12.4 Å². The number of benzene rings is 1. The summed E-state index contributed by atoms with van der Waals surface area (Å²) >= 11 is 0. The molecule has 0 aliphatic rings. The minimum absolute atomic E-state index is 0.126. The maximum atomic E-state index is 12.4. The van der Waals surface area contributed by atoms with Crippen LogP contribution in [0.3, 0.4) is 0 Å². The van der Waals surface area contributed by atoms with Gasteiger partial charge in [-0.15, -0.1) is 0 Å². The number of carbonyl (C=O) groups is 1. The molecule has 7 nitrogen and oxygen atoms in total. The number of rotatable bonds is 1. The van der Waals surface area contributed by atoms with E-state index in [1.54, 1.807) is 30.3 Å². The van der Waals surface area contributed by atoms with Crippen molar-refractivity contribution in [2.24, 2.45) is 0 Å². The number of aromatic amines is 1. The van der Waals surface area contributed by atoms with Crippen LogP contribution in [0.25, 0.3) is 10.9 Å². The monoisotopic (exact) mass is 265 g/mol. The Morgan fingerprint density at radius 1 is 1.35 bits per heavy atom. The minimum Gasteiger partial charge on any atom is -0.322 e. The molecule has 3 rings (SSSR count). The first-order valence-electron chi connectivity index (χ1n) is 5.67. The molecule has 0 aliphatic heterocycles. The van der Waals surface area contributed by atoms with Gasteiger partial charge in [0.25, 0.3) is 5.91 Å². The second-order valence-corrected chi connectivity index (χ2v) is 4.01. The lowest BCUT2D eigenvalue weighted by molar-refractivity contribution is 0.0945. The predicted molar refractivity (Wildman–Crippen MR) is 69.0 cm³/mol. The molecule has 1 aromatic carbocycles. The Morgan fingerprint density at radius 3 is 2.95 bits per heavy atom. The summed E-state index contributed by atoms with van der Waals surface area (Å²) in [5, 5.41) is 13.2. The van der Waals surface area contributed by atoms with Crippen molar-refractivity contribution in [3.05, 3.63) is 58.4 Å². The fourth-order valence-corrected chi connectivity index (χ4v) is 1.96.